The topological polar surface area (TPSA) is 177 Å². The molecule has 1 atom stereocenters. The molecule has 10 heteroatoms. The highest BCUT2D eigenvalue weighted by atomic mass is 16.6. The van der Waals surface area contributed by atoms with E-state index in [1.807, 2.05) is 6.92 Å². The summed E-state index contributed by atoms with van der Waals surface area (Å²) >= 11 is 0. The number of nitrogens with two attached hydrogens (primary N) is 1. The van der Waals surface area contributed by atoms with Crippen LogP contribution < -0.4 is 10.5 Å². The average Bonchev–Trinajstić information content (AvgIpc) is 3.19. The van der Waals surface area contributed by atoms with Crippen LogP contribution >= 0.6 is 0 Å². The van der Waals surface area contributed by atoms with Crippen LogP contribution in [0, 0.1) is 5.92 Å². The second-order valence-electron chi connectivity index (χ2n) is 9.32. The van der Waals surface area contributed by atoms with E-state index in [1.165, 1.54) is 30.3 Å². The van der Waals surface area contributed by atoms with E-state index in [0.29, 0.717) is 23.2 Å². The van der Waals surface area contributed by atoms with Gasteiger partial charge in [0.05, 0.1) is 17.0 Å². The zero-order chi connectivity index (χ0) is 28.3. The van der Waals surface area contributed by atoms with Gasteiger partial charge in [-0.15, -0.1) is 0 Å². The molecule has 2 heterocycles. The molecule has 39 heavy (non-hydrogen) atoms. The highest BCUT2D eigenvalue weighted by molar-refractivity contribution is 6.06. The fraction of sp³-hybridized carbons (Fsp3) is 0.276. The molecule has 1 spiro atoms. The predicted octanol–water partition coefficient (Wildman–Crippen LogP) is 4.59. The Balaban J connectivity index is 0.000000274. The van der Waals surface area contributed by atoms with Crippen LogP contribution in [0.2, 0.25) is 0 Å². The van der Waals surface area contributed by atoms with Crippen LogP contribution in [0.3, 0.4) is 0 Å². The van der Waals surface area contributed by atoms with E-state index < -0.39 is 23.5 Å². The highest BCUT2D eigenvalue weighted by Gasteiger charge is 2.54. The van der Waals surface area contributed by atoms with E-state index in [9.17, 15) is 29.7 Å². The molecular weight excluding hydrogens is 506 g/mol. The smallest absolute Gasteiger partial charge is 0.341 e. The van der Waals surface area contributed by atoms with Crippen molar-refractivity contribution in [2.45, 2.75) is 38.2 Å². The van der Waals surface area contributed by atoms with Crippen molar-refractivity contribution in [3.05, 3.63) is 82.4 Å². The van der Waals surface area contributed by atoms with Crippen molar-refractivity contribution in [1.29, 1.82) is 0 Å². The number of aliphatic carboxylic acids is 1. The van der Waals surface area contributed by atoms with Crippen LogP contribution in [0.25, 0.3) is 0 Å². The zero-order valence-corrected chi connectivity index (χ0v) is 21.2. The van der Waals surface area contributed by atoms with Crippen molar-refractivity contribution in [2.24, 2.45) is 11.7 Å². The molecule has 0 radical (unpaired) electrons. The molecule has 0 amide bonds. The lowest BCUT2D eigenvalue weighted by Crippen LogP contribution is -2.32. The maximum atomic E-state index is 12.8. The number of carbonyl (C=O) groups excluding carboxylic acids is 1. The number of hydrogen-bond acceptors (Lipinski definition) is 8. The number of aromatic carboxylic acids is 1. The lowest BCUT2D eigenvalue weighted by atomic mass is 9.77. The molecule has 3 aromatic rings. The summed E-state index contributed by atoms with van der Waals surface area (Å²) in [6, 6.07) is 13.3. The minimum absolute atomic E-state index is 0.0325. The van der Waals surface area contributed by atoms with Crippen LogP contribution in [0.5, 0.6) is 23.0 Å². The first-order chi connectivity index (χ1) is 18.6. The summed E-state index contributed by atoms with van der Waals surface area (Å²) in [6.45, 7) is 2.59. The zero-order valence-electron chi connectivity index (χ0n) is 21.2. The Kier molecular flexibility index (Phi) is 7.78. The van der Waals surface area contributed by atoms with Gasteiger partial charge in [0, 0.05) is 28.8 Å². The van der Waals surface area contributed by atoms with Gasteiger partial charge < -0.3 is 35.6 Å². The highest BCUT2D eigenvalue weighted by Crippen LogP contribution is 2.57. The molecule has 0 saturated heterocycles. The van der Waals surface area contributed by atoms with Crippen LogP contribution in [-0.4, -0.2) is 44.9 Å². The maximum absolute atomic E-state index is 12.8. The summed E-state index contributed by atoms with van der Waals surface area (Å²) in [4.78, 5) is 35.0. The number of esters is 1. The number of phenols is 2. The normalized spacial score (nSPS) is 14.6. The second-order valence-corrected chi connectivity index (χ2v) is 9.32. The molecule has 1 unspecified atom stereocenters. The Hall–Kier alpha value is -4.57. The third kappa shape index (κ3) is 4.98. The predicted molar refractivity (Wildman–Crippen MR) is 139 cm³/mol. The molecule has 0 aliphatic carbocycles. The van der Waals surface area contributed by atoms with Gasteiger partial charge in [0.1, 0.15) is 23.0 Å². The van der Waals surface area contributed by atoms with Crippen molar-refractivity contribution in [1.82, 2.24) is 0 Å². The molecule has 2 aliphatic rings. The summed E-state index contributed by atoms with van der Waals surface area (Å²) in [5.74, 6) is -2.51. The van der Waals surface area contributed by atoms with Crippen LogP contribution in [0.1, 0.15) is 70.0 Å². The Morgan fingerprint density at radius 3 is 2.05 bits per heavy atom. The van der Waals surface area contributed by atoms with E-state index in [4.69, 9.17) is 20.3 Å². The third-order valence-corrected chi connectivity index (χ3v) is 6.78. The van der Waals surface area contributed by atoms with Gasteiger partial charge in [-0.3, -0.25) is 4.79 Å². The number of rotatable bonds is 7. The van der Waals surface area contributed by atoms with E-state index in [0.717, 1.165) is 25.7 Å². The summed E-state index contributed by atoms with van der Waals surface area (Å²) in [5.41, 5.74) is 4.88. The number of phenolic OH excluding ortho intramolecular Hbond substituents is 2. The summed E-state index contributed by atoms with van der Waals surface area (Å²) < 4.78 is 11.7. The minimum Gasteiger partial charge on any atom is -0.508 e. The monoisotopic (exact) mass is 535 g/mol. The first kappa shape index (κ1) is 27.5. The number of fused-ring (bicyclic) bond motifs is 6. The van der Waals surface area contributed by atoms with Crippen molar-refractivity contribution in [3.63, 3.8) is 0 Å². The molecule has 2 aliphatic heterocycles. The van der Waals surface area contributed by atoms with Gasteiger partial charge in [0.25, 0.3) is 0 Å². The second kappa shape index (κ2) is 11.0. The van der Waals surface area contributed by atoms with E-state index >= 15 is 0 Å². The van der Waals surface area contributed by atoms with Crippen molar-refractivity contribution >= 4 is 17.9 Å². The molecule has 5 rings (SSSR count). The maximum Gasteiger partial charge on any atom is 0.341 e. The Morgan fingerprint density at radius 2 is 1.54 bits per heavy atom. The molecule has 0 bridgehead atoms. The first-order valence-electron chi connectivity index (χ1n) is 12.5. The number of aromatic hydroxyl groups is 2. The third-order valence-electron chi connectivity index (χ3n) is 6.78. The molecule has 6 N–H and O–H groups in total. The van der Waals surface area contributed by atoms with Crippen LogP contribution in [-0.2, 0) is 15.1 Å². The van der Waals surface area contributed by atoms with Crippen molar-refractivity contribution in [2.75, 3.05) is 6.54 Å². The summed E-state index contributed by atoms with van der Waals surface area (Å²) in [6.07, 6.45) is 3.24. The number of carboxylic acid groups (broad SMARTS) is 2. The number of carbonyl (C=O) groups is 3. The van der Waals surface area contributed by atoms with E-state index in [1.54, 1.807) is 24.3 Å². The van der Waals surface area contributed by atoms with Gasteiger partial charge in [-0.25, -0.2) is 9.59 Å². The molecular formula is C29H29NO9. The van der Waals surface area contributed by atoms with Gasteiger partial charge in [-0.05, 0) is 56.1 Å². The number of benzene rings is 3. The Bertz CT molecular complexity index is 1380. The van der Waals surface area contributed by atoms with Crippen LogP contribution in [0.15, 0.2) is 54.6 Å². The average molecular weight is 536 g/mol. The first-order valence-corrected chi connectivity index (χ1v) is 12.5. The molecule has 3 aromatic carbocycles. The summed E-state index contributed by atoms with van der Waals surface area (Å²) in [7, 11) is 0. The Labute approximate surface area is 224 Å². The van der Waals surface area contributed by atoms with Gasteiger partial charge in [0.15, 0.2) is 5.60 Å². The van der Waals surface area contributed by atoms with Gasteiger partial charge in [-0.1, -0.05) is 25.5 Å². The lowest BCUT2D eigenvalue weighted by Gasteiger charge is -2.36. The fourth-order valence-electron chi connectivity index (χ4n) is 5.03. The summed E-state index contributed by atoms with van der Waals surface area (Å²) in [5, 5.41) is 38.0. The SMILES string of the molecule is CCCC(CCCN)C(=O)O.O=C(O)c1cccc2c1C(=O)OC21c2ccc(O)cc2Oc2cc(O)ccc21. The van der Waals surface area contributed by atoms with Gasteiger partial charge >= 0.3 is 17.9 Å². The molecule has 0 saturated carbocycles. The molecule has 0 aromatic heterocycles. The van der Waals surface area contributed by atoms with Crippen LogP contribution in [0.4, 0.5) is 0 Å². The standard InChI is InChI=1S/C21H12O7.C8H17NO2/c22-10-4-6-13-16(8-10)27-17-9-11(23)5-7-14(17)21(13)15-3-1-2-12(19(24)25)18(15)20(26)28-21;1-2-4-7(8(10)11)5-3-6-9/h1-9,22-23H,(H,24,25);7H,2-6,9H2,1H3,(H,10,11). The van der Waals surface area contributed by atoms with Gasteiger partial charge in [-0.2, -0.15) is 0 Å². The number of ether oxygens (including phenoxy) is 2. The molecule has 10 nitrogen and oxygen atoms in total. The lowest BCUT2D eigenvalue weighted by molar-refractivity contribution is -0.142. The minimum atomic E-state index is -1.46. The quantitative estimate of drug-likeness (QED) is 0.269. The number of carboxylic acids is 2. The largest absolute Gasteiger partial charge is 0.508 e. The molecule has 204 valence electrons. The van der Waals surface area contributed by atoms with Gasteiger partial charge in [0.2, 0.25) is 0 Å². The van der Waals surface area contributed by atoms with Crippen molar-refractivity contribution in [3.8, 4) is 23.0 Å². The number of hydrogen-bond donors (Lipinski definition) is 5. The Morgan fingerprint density at radius 1 is 0.923 bits per heavy atom. The molecule has 0 fully saturated rings. The van der Waals surface area contributed by atoms with E-state index in [2.05, 4.69) is 0 Å². The fourth-order valence-corrected chi connectivity index (χ4v) is 5.03. The van der Waals surface area contributed by atoms with Crippen molar-refractivity contribution < 1.29 is 44.3 Å². The van der Waals surface area contributed by atoms with E-state index in [-0.39, 0.29) is 40.0 Å².